The number of phenols is 1. The molecule has 4 unspecified atom stereocenters. The molecule has 3 aliphatic carbocycles. The molecule has 1 fully saturated rings. The predicted octanol–water partition coefficient (Wildman–Crippen LogP) is 0.0904. The van der Waals surface area contributed by atoms with Gasteiger partial charge >= 0.3 is 0 Å². The lowest BCUT2D eigenvalue weighted by Gasteiger charge is -2.55. The number of phenolic OH excluding ortho intramolecular Hbond substituents is 1. The number of nitrogen functional groups attached to an aromatic ring is 1. The Balaban J connectivity index is 0.00000306. The molecule has 8 N–H and O–H groups in total. The van der Waals surface area contributed by atoms with Crippen LogP contribution in [-0.2, 0) is 16.0 Å². The minimum atomic E-state index is -2.45. The number of hydrogen-bond acceptors (Lipinski definition) is 9. The molecule has 33 heavy (non-hydrogen) atoms. The largest absolute Gasteiger partial charge is 0.508 e. The summed E-state index contributed by atoms with van der Waals surface area (Å²) < 4.78 is 0.573. The van der Waals surface area contributed by atoms with E-state index in [0.29, 0.717) is 15.6 Å². The van der Waals surface area contributed by atoms with Crippen molar-refractivity contribution < 1.29 is 34.8 Å². The summed E-state index contributed by atoms with van der Waals surface area (Å²) >= 11 is 1.95. The molecular weight excluding hydrogens is 660 g/mol. The van der Waals surface area contributed by atoms with Crippen LogP contribution in [0.1, 0.15) is 22.3 Å². The van der Waals surface area contributed by atoms with E-state index in [1.54, 1.807) is 20.2 Å². The van der Waals surface area contributed by atoms with Gasteiger partial charge in [0.15, 0.2) is 22.9 Å². The van der Waals surface area contributed by atoms with Gasteiger partial charge in [0.25, 0.3) is 5.91 Å². The number of nitrogens with zero attached hydrogens (tertiary/aromatic N) is 1. The smallest absolute Gasteiger partial charge is 0.255 e. The van der Waals surface area contributed by atoms with Crippen molar-refractivity contribution >= 4 is 69.7 Å². The number of ketones is 2. The highest BCUT2D eigenvalue weighted by Gasteiger charge is 2.65. The fourth-order valence-electron chi connectivity index (χ4n) is 5.72. The van der Waals surface area contributed by atoms with Crippen LogP contribution in [0.3, 0.4) is 0 Å². The van der Waals surface area contributed by atoms with E-state index in [4.69, 9.17) is 11.5 Å². The van der Waals surface area contributed by atoms with Gasteiger partial charge in [0.2, 0.25) is 0 Å². The maximum atomic E-state index is 13.4. The van der Waals surface area contributed by atoms with Crippen LogP contribution >= 0.6 is 46.6 Å². The summed E-state index contributed by atoms with van der Waals surface area (Å²) in [6, 6.07) is 0.648. The Bertz CT molecular complexity index is 1110. The highest BCUT2D eigenvalue weighted by atomic mass is 127. The lowest BCUT2D eigenvalue weighted by molar-refractivity contribution is -0.183. The zero-order chi connectivity index (χ0) is 23.9. The molecule has 1 amide bonds. The van der Waals surface area contributed by atoms with Crippen LogP contribution in [0.4, 0.5) is 5.69 Å². The number of amides is 1. The number of carbonyl (C=O) groups is 3. The number of Topliss-reactive ketones (excluding diaryl/α,β-unsaturated/α-hetero) is 2. The minimum Gasteiger partial charge on any atom is -0.508 e. The number of hydrogen-bond donors (Lipinski definition) is 6. The quantitative estimate of drug-likeness (QED) is 0.109. The van der Waals surface area contributed by atoms with Crippen molar-refractivity contribution in [2.45, 2.75) is 30.6 Å². The van der Waals surface area contributed by atoms with Gasteiger partial charge in [-0.15, -0.1) is 24.0 Å². The molecule has 6 atom stereocenters. The number of aromatic hydroxyl groups is 1. The van der Waals surface area contributed by atoms with E-state index in [-0.39, 0.29) is 47.4 Å². The highest BCUT2D eigenvalue weighted by molar-refractivity contribution is 14.1. The van der Waals surface area contributed by atoms with Crippen LogP contribution < -0.4 is 11.5 Å². The molecule has 0 bridgehead atoms. The molecule has 10 nitrogen and oxygen atoms in total. The molecule has 4 rings (SSSR count). The standard InChI is InChI=1S/C21H24IN3O7.HI/c1-25(2)14-8-4-6-3-7-5-9(22)13(23)16(27)10(7)15(26)11(6)18(29)21(8,32)19(30)12(17(14)28)20(24)31;/h5-6,8,11,14,18,27,29-30,32H,3-4,23H2,1-2H3,(H2,24,31);1H/t6?,8?,11?,14-,18?,21-;/m0./s1. The maximum absolute atomic E-state index is 13.4. The molecule has 0 saturated heterocycles. The number of carbonyl (C=O) groups excluding carboxylic acids is 3. The number of aliphatic hydroxyl groups is 3. The molecule has 180 valence electrons. The van der Waals surface area contributed by atoms with Crippen LogP contribution in [0.25, 0.3) is 0 Å². The second-order valence-electron chi connectivity index (χ2n) is 8.98. The zero-order valence-electron chi connectivity index (χ0n) is 17.8. The normalized spacial score (nSPS) is 33.2. The van der Waals surface area contributed by atoms with Crippen molar-refractivity contribution in [3.63, 3.8) is 0 Å². The van der Waals surface area contributed by atoms with E-state index >= 15 is 0 Å². The molecular formula is C21H25I2N3O7. The van der Waals surface area contributed by atoms with E-state index in [9.17, 15) is 34.8 Å². The number of nitrogens with two attached hydrogens (primary N) is 2. The van der Waals surface area contributed by atoms with Gasteiger partial charge in [0.05, 0.1) is 23.2 Å². The zero-order valence-corrected chi connectivity index (χ0v) is 22.3. The number of primary amides is 1. The number of likely N-dealkylation sites (N-methyl/N-ethyl adjacent to an activating group) is 1. The fourth-order valence-corrected chi connectivity index (χ4v) is 6.36. The third-order valence-electron chi connectivity index (χ3n) is 7.14. The van der Waals surface area contributed by atoms with Gasteiger partial charge in [0, 0.05) is 9.49 Å². The van der Waals surface area contributed by atoms with Crippen LogP contribution in [0.2, 0.25) is 0 Å². The molecule has 12 heteroatoms. The molecule has 1 aromatic rings. The van der Waals surface area contributed by atoms with Crippen LogP contribution in [-0.4, -0.2) is 74.6 Å². The summed E-state index contributed by atoms with van der Waals surface area (Å²) in [6.07, 6.45) is -1.45. The summed E-state index contributed by atoms with van der Waals surface area (Å²) in [7, 11) is 3.15. The minimum absolute atomic E-state index is 0. The van der Waals surface area contributed by atoms with Gasteiger partial charge in [-0.2, -0.15) is 0 Å². The Morgan fingerprint density at radius 2 is 1.85 bits per heavy atom. The van der Waals surface area contributed by atoms with Crippen LogP contribution in [0.5, 0.6) is 5.75 Å². The first-order valence-electron chi connectivity index (χ1n) is 10.0. The number of rotatable bonds is 2. The SMILES string of the molecule is CN(C)[C@@H]1C(=O)C(C(N)=O)=C(O)[C@@]2(O)C(O)C3C(=O)c4c(cc(I)c(N)c4O)CC3CC12.I. The van der Waals surface area contributed by atoms with Gasteiger partial charge in [-0.3, -0.25) is 19.3 Å². The highest BCUT2D eigenvalue weighted by Crippen LogP contribution is 2.54. The summed E-state index contributed by atoms with van der Waals surface area (Å²) in [6.45, 7) is 0. The first-order valence-corrected chi connectivity index (χ1v) is 11.1. The molecule has 1 saturated carbocycles. The van der Waals surface area contributed by atoms with Gasteiger partial charge in [-0.1, -0.05) is 0 Å². The first kappa shape index (κ1) is 26.1. The van der Waals surface area contributed by atoms with E-state index < -0.39 is 64.3 Å². The summed E-state index contributed by atoms with van der Waals surface area (Å²) in [4.78, 5) is 39.9. The maximum Gasteiger partial charge on any atom is 0.255 e. The summed E-state index contributed by atoms with van der Waals surface area (Å²) in [5.74, 6) is -6.69. The number of fused-ring (bicyclic) bond motifs is 3. The average Bonchev–Trinajstić information content (AvgIpc) is 2.68. The van der Waals surface area contributed by atoms with E-state index in [2.05, 4.69) is 0 Å². The van der Waals surface area contributed by atoms with Crippen LogP contribution in [0.15, 0.2) is 17.4 Å². The number of anilines is 1. The Kier molecular flexibility index (Phi) is 6.83. The van der Waals surface area contributed by atoms with Crippen molar-refractivity contribution in [1.82, 2.24) is 4.90 Å². The Morgan fingerprint density at radius 1 is 1.24 bits per heavy atom. The molecule has 1 aromatic carbocycles. The first-order chi connectivity index (χ1) is 14.8. The van der Waals surface area contributed by atoms with Crippen molar-refractivity contribution in [3.05, 3.63) is 32.1 Å². The van der Waals surface area contributed by atoms with Crippen molar-refractivity contribution in [1.29, 1.82) is 0 Å². The Labute approximate surface area is 220 Å². The van der Waals surface area contributed by atoms with Crippen molar-refractivity contribution in [2.75, 3.05) is 19.8 Å². The van der Waals surface area contributed by atoms with Gasteiger partial charge < -0.3 is 31.9 Å². The van der Waals surface area contributed by atoms with Crippen molar-refractivity contribution in [3.8, 4) is 5.75 Å². The monoisotopic (exact) mass is 685 g/mol. The molecule has 0 aromatic heterocycles. The second-order valence-corrected chi connectivity index (χ2v) is 10.1. The lowest BCUT2D eigenvalue weighted by atomic mass is 9.54. The third-order valence-corrected chi connectivity index (χ3v) is 8.03. The van der Waals surface area contributed by atoms with E-state index in [0.717, 1.165) is 0 Å². The van der Waals surface area contributed by atoms with Gasteiger partial charge in [-0.25, -0.2) is 0 Å². The van der Waals surface area contributed by atoms with E-state index in [1.165, 1.54) is 4.90 Å². The third kappa shape index (κ3) is 3.47. The molecule has 0 spiro atoms. The topological polar surface area (TPSA) is 187 Å². The molecule has 0 aliphatic heterocycles. The Morgan fingerprint density at radius 3 is 2.39 bits per heavy atom. The van der Waals surface area contributed by atoms with Gasteiger partial charge in [0.1, 0.15) is 17.4 Å². The second kappa shape index (κ2) is 8.62. The van der Waals surface area contributed by atoms with Gasteiger partial charge in [-0.05, 0) is 67.1 Å². The molecule has 0 radical (unpaired) electrons. The Hall–Kier alpha value is -1.49. The average molecular weight is 685 g/mol. The molecule has 3 aliphatic rings. The number of benzene rings is 1. The number of aliphatic hydroxyl groups excluding tert-OH is 2. The summed E-state index contributed by atoms with van der Waals surface area (Å²) in [5.41, 5.74) is 8.51. The number of halogens is 2. The summed E-state index contributed by atoms with van der Waals surface area (Å²) in [5, 5.41) is 44.1. The predicted molar refractivity (Wildman–Crippen MR) is 136 cm³/mol. The van der Waals surface area contributed by atoms with Crippen molar-refractivity contribution in [2.24, 2.45) is 23.5 Å². The lowest BCUT2D eigenvalue weighted by Crippen LogP contribution is -2.69. The van der Waals surface area contributed by atoms with E-state index in [1.807, 2.05) is 22.6 Å². The molecule has 0 heterocycles. The van der Waals surface area contributed by atoms with Crippen LogP contribution in [0, 0.1) is 21.3 Å². The fraction of sp³-hybridized carbons (Fsp3) is 0.476.